The molecule has 0 unspecified atom stereocenters. The molecular formula is C6H13KO. The van der Waals surface area contributed by atoms with E-state index in [0.717, 1.165) is 6.42 Å². The van der Waals surface area contributed by atoms with Gasteiger partial charge in [0.25, 0.3) is 0 Å². The maximum Gasteiger partial charge on any atom is 1.00 e. The third-order valence-electron chi connectivity index (χ3n) is 0.696. The molecule has 0 saturated heterocycles. The van der Waals surface area contributed by atoms with Crippen molar-refractivity contribution in [3.63, 3.8) is 0 Å². The molecule has 0 amide bonds. The molecule has 0 heterocycles. The van der Waals surface area contributed by atoms with E-state index in [4.69, 9.17) is 0 Å². The zero-order valence-corrected chi connectivity index (χ0v) is 9.32. The van der Waals surface area contributed by atoms with Gasteiger partial charge in [0, 0.05) is 6.42 Å². The monoisotopic (exact) mass is 140 g/mol. The van der Waals surface area contributed by atoms with Crippen molar-refractivity contribution < 1.29 is 57.6 Å². The minimum atomic E-state index is 0. The first-order valence-corrected chi connectivity index (χ1v) is 2.62. The molecule has 0 aromatic rings. The molecule has 0 radical (unpaired) electrons. The van der Waals surface area contributed by atoms with E-state index >= 15 is 0 Å². The zero-order chi connectivity index (χ0) is 5.86. The second-order valence-electron chi connectivity index (χ2n) is 2.30. The molecule has 0 fully saturated rings. The molecule has 0 aromatic heterocycles. The fourth-order valence-corrected chi connectivity index (χ4v) is 0.575. The molecule has 1 nitrogen and oxygen atoms in total. The van der Waals surface area contributed by atoms with Gasteiger partial charge in [0.1, 0.15) is 5.78 Å². The second kappa shape index (κ2) is 6.43. The fourth-order valence-electron chi connectivity index (χ4n) is 0.575. The van der Waals surface area contributed by atoms with E-state index in [2.05, 4.69) is 0 Å². The van der Waals surface area contributed by atoms with Crippen LogP contribution in [-0.4, -0.2) is 5.78 Å². The minimum absolute atomic E-state index is 0. The first-order chi connectivity index (χ1) is 3.13. The van der Waals surface area contributed by atoms with Gasteiger partial charge >= 0.3 is 51.4 Å². The Morgan fingerprint density at radius 3 is 2.00 bits per heavy atom. The van der Waals surface area contributed by atoms with Crippen LogP contribution in [0.5, 0.6) is 0 Å². The predicted octanol–water partition coefficient (Wildman–Crippen LogP) is -1.26. The molecule has 0 atom stereocenters. The van der Waals surface area contributed by atoms with Crippen LogP contribution in [-0.2, 0) is 4.79 Å². The van der Waals surface area contributed by atoms with Crippen molar-refractivity contribution in [3.8, 4) is 0 Å². The summed E-state index contributed by atoms with van der Waals surface area (Å²) in [6.45, 7) is 5.71. The van der Waals surface area contributed by atoms with Crippen LogP contribution in [0, 0.1) is 5.92 Å². The van der Waals surface area contributed by atoms with Crippen LogP contribution in [0.4, 0.5) is 0 Å². The third kappa shape index (κ3) is 10.3. The molecule has 2 heteroatoms. The Kier molecular flexibility index (Phi) is 9.66. The summed E-state index contributed by atoms with van der Waals surface area (Å²) in [6, 6.07) is 0. The van der Waals surface area contributed by atoms with Gasteiger partial charge in [0.15, 0.2) is 0 Å². The molecule has 0 aliphatic rings. The number of rotatable bonds is 2. The minimum Gasteiger partial charge on any atom is -1.00 e. The average molecular weight is 140 g/mol. The normalized spacial score (nSPS) is 8.50. The van der Waals surface area contributed by atoms with E-state index in [1.165, 1.54) is 0 Å². The number of hydrogen-bond acceptors (Lipinski definition) is 1. The summed E-state index contributed by atoms with van der Waals surface area (Å²) in [7, 11) is 0. The molecule has 0 aliphatic carbocycles. The van der Waals surface area contributed by atoms with Gasteiger partial charge in [-0.05, 0) is 12.8 Å². The summed E-state index contributed by atoms with van der Waals surface area (Å²) in [5.74, 6) is 0.813. The molecule has 0 bridgehead atoms. The Bertz CT molecular complexity index is 73.5. The number of carbonyl (C=O) groups is 1. The average Bonchev–Trinajstić information content (AvgIpc) is 1.27. The van der Waals surface area contributed by atoms with Gasteiger partial charge in [-0.25, -0.2) is 0 Å². The van der Waals surface area contributed by atoms with Crippen molar-refractivity contribution in [3.05, 3.63) is 0 Å². The SMILES string of the molecule is CC(=O)CC(C)C.[H-].[K+]. The number of carbonyl (C=O) groups excluding carboxylic acids is 1. The number of hydrogen-bond donors (Lipinski definition) is 0. The molecule has 0 rings (SSSR count). The Morgan fingerprint density at radius 2 is 2.00 bits per heavy atom. The Morgan fingerprint density at radius 1 is 1.62 bits per heavy atom. The molecule has 0 aromatic carbocycles. The maximum absolute atomic E-state index is 10.3. The van der Waals surface area contributed by atoms with E-state index in [-0.39, 0.29) is 58.6 Å². The van der Waals surface area contributed by atoms with Crippen molar-refractivity contribution >= 4 is 5.78 Å². The molecule has 0 spiro atoms. The summed E-state index contributed by atoms with van der Waals surface area (Å²) in [5, 5.41) is 0. The molecule has 44 valence electrons. The third-order valence-corrected chi connectivity index (χ3v) is 0.696. The summed E-state index contributed by atoms with van der Waals surface area (Å²) in [5.41, 5.74) is 0. The second-order valence-corrected chi connectivity index (χ2v) is 2.30. The fraction of sp³-hybridized carbons (Fsp3) is 0.833. The van der Waals surface area contributed by atoms with Gasteiger partial charge in [-0.15, -0.1) is 0 Å². The quantitative estimate of drug-likeness (QED) is 0.438. The molecule has 8 heavy (non-hydrogen) atoms. The van der Waals surface area contributed by atoms with Gasteiger partial charge < -0.3 is 6.22 Å². The molecule has 0 aliphatic heterocycles. The first kappa shape index (κ1) is 12.0. The van der Waals surface area contributed by atoms with Crippen molar-refractivity contribution in [2.24, 2.45) is 5.92 Å². The Hall–Kier alpha value is 1.31. The van der Waals surface area contributed by atoms with Crippen molar-refractivity contribution in [2.45, 2.75) is 27.2 Å². The zero-order valence-electron chi connectivity index (χ0n) is 7.19. The van der Waals surface area contributed by atoms with Crippen molar-refractivity contribution in [2.75, 3.05) is 0 Å². The van der Waals surface area contributed by atoms with E-state index in [1.54, 1.807) is 6.92 Å². The van der Waals surface area contributed by atoms with Gasteiger partial charge in [-0.1, -0.05) is 13.8 Å². The molecule has 0 saturated carbocycles. The first-order valence-electron chi connectivity index (χ1n) is 2.62. The largest absolute Gasteiger partial charge is 1.00 e. The van der Waals surface area contributed by atoms with Crippen molar-refractivity contribution in [1.82, 2.24) is 0 Å². The van der Waals surface area contributed by atoms with Crippen LogP contribution in [0.1, 0.15) is 28.6 Å². The Balaban J connectivity index is -0.000000180. The standard InChI is InChI=1S/C6H12O.K.H/c1-5(2)4-6(3)7;;/h5H,4H2,1-3H3;;/q;+1;-1. The van der Waals surface area contributed by atoms with Crippen LogP contribution in [0.25, 0.3) is 0 Å². The van der Waals surface area contributed by atoms with E-state index in [0.29, 0.717) is 5.92 Å². The van der Waals surface area contributed by atoms with Crippen molar-refractivity contribution in [1.29, 1.82) is 0 Å². The number of ketones is 1. The van der Waals surface area contributed by atoms with Gasteiger partial charge in [-0.3, -0.25) is 0 Å². The van der Waals surface area contributed by atoms with Crippen LogP contribution in [0.2, 0.25) is 0 Å². The van der Waals surface area contributed by atoms with Crippen LogP contribution in [0.3, 0.4) is 0 Å². The van der Waals surface area contributed by atoms with E-state index in [1.807, 2.05) is 13.8 Å². The number of Topliss-reactive ketones (excluding diaryl/α,β-unsaturated/α-hetero) is 1. The van der Waals surface area contributed by atoms with E-state index < -0.39 is 0 Å². The molecular weight excluding hydrogens is 127 g/mol. The van der Waals surface area contributed by atoms with Crippen LogP contribution in [0.15, 0.2) is 0 Å². The summed E-state index contributed by atoms with van der Waals surface area (Å²) >= 11 is 0. The maximum atomic E-state index is 10.3. The van der Waals surface area contributed by atoms with Gasteiger partial charge in [-0.2, -0.15) is 0 Å². The van der Waals surface area contributed by atoms with Crippen LogP contribution >= 0.6 is 0 Å². The summed E-state index contributed by atoms with van der Waals surface area (Å²) in [4.78, 5) is 10.3. The summed E-state index contributed by atoms with van der Waals surface area (Å²) < 4.78 is 0. The Labute approximate surface area is 95.1 Å². The topological polar surface area (TPSA) is 17.1 Å². The van der Waals surface area contributed by atoms with Gasteiger partial charge in [0.05, 0.1) is 0 Å². The predicted molar refractivity (Wildman–Crippen MR) is 31.2 cm³/mol. The van der Waals surface area contributed by atoms with Gasteiger partial charge in [0.2, 0.25) is 0 Å². The summed E-state index contributed by atoms with van der Waals surface area (Å²) in [6.07, 6.45) is 0.722. The van der Waals surface area contributed by atoms with Crippen LogP contribution < -0.4 is 51.4 Å². The van der Waals surface area contributed by atoms with E-state index in [9.17, 15) is 4.79 Å². The smallest absolute Gasteiger partial charge is 1.00 e. The molecule has 0 N–H and O–H groups in total.